The van der Waals surface area contributed by atoms with Crippen LogP contribution < -0.4 is 5.56 Å². The zero-order chi connectivity index (χ0) is 15.4. The highest BCUT2D eigenvalue weighted by Gasteiger charge is 2.19. The van der Waals surface area contributed by atoms with Crippen molar-refractivity contribution in [2.75, 3.05) is 6.61 Å². The van der Waals surface area contributed by atoms with Crippen molar-refractivity contribution in [3.05, 3.63) is 44.9 Å². The summed E-state index contributed by atoms with van der Waals surface area (Å²) in [5, 5.41) is 10.2. The van der Waals surface area contributed by atoms with Crippen LogP contribution >= 0.6 is 15.9 Å². The van der Waals surface area contributed by atoms with Gasteiger partial charge in [-0.1, -0.05) is 41.1 Å². The topological polar surface area (TPSA) is 75.2 Å². The number of aromatic hydroxyl groups is 1. The van der Waals surface area contributed by atoms with Crippen LogP contribution in [0.25, 0.3) is 11.1 Å². The summed E-state index contributed by atoms with van der Waals surface area (Å²) in [6, 6.07) is 7.18. The molecule has 0 aliphatic rings. The Morgan fingerprint density at radius 1 is 1.38 bits per heavy atom. The van der Waals surface area contributed by atoms with Gasteiger partial charge in [-0.3, -0.25) is 4.79 Å². The lowest BCUT2D eigenvalue weighted by molar-refractivity contribution is 0.0529. The third-order valence-corrected chi connectivity index (χ3v) is 3.80. The van der Waals surface area contributed by atoms with Gasteiger partial charge in [0.2, 0.25) is 5.88 Å². The van der Waals surface area contributed by atoms with E-state index in [1.54, 1.807) is 18.2 Å². The van der Waals surface area contributed by atoms with Gasteiger partial charge < -0.3 is 14.8 Å². The fourth-order valence-corrected chi connectivity index (χ4v) is 2.61. The highest BCUT2D eigenvalue weighted by Crippen LogP contribution is 2.31. The summed E-state index contributed by atoms with van der Waals surface area (Å²) in [4.78, 5) is 19.1. The Labute approximate surface area is 131 Å². The lowest BCUT2D eigenvalue weighted by Gasteiger charge is -2.15. The van der Waals surface area contributed by atoms with Crippen LogP contribution in [0.2, 0.25) is 0 Å². The van der Waals surface area contributed by atoms with Crippen LogP contribution in [0.5, 0.6) is 5.88 Å². The molecule has 0 bridgehead atoms. The molecule has 21 heavy (non-hydrogen) atoms. The van der Waals surface area contributed by atoms with Crippen molar-refractivity contribution in [1.29, 1.82) is 0 Å². The maximum Gasteiger partial charge on any atom is 0.262 e. The van der Waals surface area contributed by atoms with Crippen LogP contribution in [-0.4, -0.2) is 21.7 Å². The SMILES string of the molecule is CCOC(CC)c1nc(O)c(-c2ccccc2Br)c(=O)[nH]1. The Kier molecular flexibility index (Phi) is 5.14. The van der Waals surface area contributed by atoms with E-state index in [2.05, 4.69) is 25.9 Å². The molecular formula is C15H17BrN2O3. The minimum Gasteiger partial charge on any atom is -0.493 e. The molecule has 0 saturated carbocycles. The largest absolute Gasteiger partial charge is 0.493 e. The van der Waals surface area contributed by atoms with Crippen LogP contribution in [-0.2, 0) is 4.74 Å². The molecule has 1 aromatic carbocycles. The molecule has 1 aromatic heterocycles. The number of H-pyrrole nitrogens is 1. The first-order valence-corrected chi connectivity index (χ1v) is 7.57. The summed E-state index contributed by atoms with van der Waals surface area (Å²) in [7, 11) is 0. The summed E-state index contributed by atoms with van der Waals surface area (Å²) in [5.41, 5.74) is 0.361. The van der Waals surface area contributed by atoms with Crippen LogP contribution in [0, 0.1) is 0 Å². The van der Waals surface area contributed by atoms with Crippen molar-refractivity contribution in [2.45, 2.75) is 26.4 Å². The lowest BCUT2D eigenvalue weighted by Crippen LogP contribution is -2.18. The number of ether oxygens (including phenoxy) is 1. The first kappa shape index (κ1) is 15.7. The molecule has 0 fully saturated rings. The highest BCUT2D eigenvalue weighted by molar-refractivity contribution is 9.10. The Balaban J connectivity index is 2.53. The smallest absolute Gasteiger partial charge is 0.262 e. The molecule has 0 spiro atoms. The lowest BCUT2D eigenvalue weighted by atomic mass is 10.1. The quantitative estimate of drug-likeness (QED) is 0.864. The average molecular weight is 353 g/mol. The molecule has 0 aliphatic carbocycles. The number of benzene rings is 1. The maximum atomic E-state index is 12.3. The van der Waals surface area contributed by atoms with Crippen molar-refractivity contribution in [1.82, 2.24) is 9.97 Å². The zero-order valence-electron chi connectivity index (χ0n) is 11.9. The summed E-state index contributed by atoms with van der Waals surface area (Å²) < 4.78 is 6.22. The number of halogens is 1. The molecule has 6 heteroatoms. The van der Waals surface area contributed by atoms with E-state index in [-0.39, 0.29) is 23.1 Å². The Bertz CT molecular complexity index is 685. The fourth-order valence-electron chi connectivity index (χ4n) is 2.13. The van der Waals surface area contributed by atoms with E-state index in [0.29, 0.717) is 24.4 Å². The number of hydrogen-bond acceptors (Lipinski definition) is 4. The van der Waals surface area contributed by atoms with E-state index < -0.39 is 0 Å². The van der Waals surface area contributed by atoms with Crippen LogP contribution in [0.15, 0.2) is 33.5 Å². The van der Waals surface area contributed by atoms with Gasteiger partial charge in [-0.25, -0.2) is 0 Å². The van der Waals surface area contributed by atoms with E-state index in [1.807, 2.05) is 19.9 Å². The zero-order valence-corrected chi connectivity index (χ0v) is 13.5. The first-order valence-electron chi connectivity index (χ1n) is 6.78. The Morgan fingerprint density at radius 2 is 2.10 bits per heavy atom. The van der Waals surface area contributed by atoms with Crippen molar-refractivity contribution >= 4 is 15.9 Å². The average Bonchev–Trinajstić information content (AvgIpc) is 2.46. The summed E-state index contributed by atoms with van der Waals surface area (Å²) in [5.74, 6) is 0.0523. The number of hydrogen-bond donors (Lipinski definition) is 2. The van der Waals surface area contributed by atoms with Crippen molar-refractivity contribution in [3.63, 3.8) is 0 Å². The van der Waals surface area contributed by atoms with Crippen LogP contribution in [0.3, 0.4) is 0 Å². The molecule has 1 unspecified atom stereocenters. The van der Waals surface area contributed by atoms with E-state index in [4.69, 9.17) is 4.74 Å². The molecule has 2 N–H and O–H groups in total. The van der Waals surface area contributed by atoms with Gasteiger partial charge in [0, 0.05) is 16.6 Å². The summed E-state index contributed by atoms with van der Waals surface area (Å²) in [6.07, 6.45) is 0.326. The molecule has 0 radical (unpaired) electrons. The molecule has 0 aliphatic heterocycles. The Hall–Kier alpha value is -1.66. The third-order valence-electron chi connectivity index (χ3n) is 3.11. The number of aromatic nitrogens is 2. The second kappa shape index (κ2) is 6.87. The fraction of sp³-hybridized carbons (Fsp3) is 0.333. The monoisotopic (exact) mass is 352 g/mol. The minimum atomic E-state index is -0.387. The molecule has 5 nitrogen and oxygen atoms in total. The minimum absolute atomic E-state index is 0.151. The predicted octanol–water partition coefficient (Wildman–Crippen LogP) is 3.39. The number of nitrogens with zero attached hydrogens (tertiary/aromatic N) is 1. The van der Waals surface area contributed by atoms with Gasteiger partial charge in [-0.05, 0) is 19.4 Å². The van der Waals surface area contributed by atoms with E-state index in [1.165, 1.54) is 0 Å². The second-order valence-electron chi connectivity index (χ2n) is 4.48. The molecule has 2 aromatic rings. The van der Waals surface area contributed by atoms with Gasteiger partial charge in [0.15, 0.2) is 0 Å². The molecule has 1 heterocycles. The molecule has 1 atom stereocenters. The first-order chi connectivity index (χ1) is 10.1. The maximum absolute atomic E-state index is 12.3. The van der Waals surface area contributed by atoms with Crippen molar-refractivity contribution in [2.24, 2.45) is 0 Å². The van der Waals surface area contributed by atoms with Gasteiger partial charge in [-0.15, -0.1) is 0 Å². The molecule has 0 amide bonds. The third kappa shape index (κ3) is 3.33. The van der Waals surface area contributed by atoms with Crippen molar-refractivity contribution < 1.29 is 9.84 Å². The molecule has 2 rings (SSSR count). The summed E-state index contributed by atoms with van der Waals surface area (Å²) in [6.45, 7) is 4.31. The van der Waals surface area contributed by atoms with E-state index >= 15 is 0 Å². The van der Waals surface area contributed by atoms with Crippen LogP contribution in [0.4, 0.5) is 0 Å². The van der Waals surface area contributed by atoms with Gasteiger partial charge >= 0.3 is 0 Å². The molecular weight excluding hydrogens is 336 g/mol. The number of nitrogens with one attached hydrogen (secondary N) is 1. The number of aromatic amines is 1. The predicted molar refractivity (Wildman–Crippen MR) is 84.3 cm³/mol. The second-order valence-corrected chi connectivity index (χ2v) is 5.34. The van der Waals surface area contributed by atoms with Gasteiger partial charge in [-0.2, -0.15) is 4.98 Å². The normalized spacial score (nSPS) is 12.3. The van der Waals surface area contributed by atoms with E-state index in [9.17, 15) is 9.90 Å². The number of rotatable bonds is 5. The standard InChI is InChI=1S/C15H17BrN2O3/c1-3-11(21-4-2)13-17-14(19)12(15(20)18-13)9-7-5-6-8-10(9)16/h5-8,11H,3-4H2,1-2H3,(H2,17,18,19,20). The molecule has 0 saturated heterocycles. The van der Waals surface area contributed by atoms with Crippen molar-refractivity contribution in [3.8, 4) is 17.0 Å². The van der Waals surface area contributed by atoms with Gasteiger partial charge in [0.05, 0.1) is 0 Å². The molecule has 112 valence electrons. The van der Waals surface area contributed by atoms with E-state index in [0.717, 1.165) is 4.47 Å². The highest BCUT2D eigenvalue weighted by atomic mass is 79.9. The Morgan fingerprint density at radius 3 is 2.67 bits per heavy atom. The van der Waals surface area contributed by atoms with Gasteiger partial charge in [0.1, 0.15) is 17.5 Å². The summed E-state index contributed by atoms with van der Waals surface area (Å²) >= 11 is 3.37. The van der Waals surface area contributed by atoms with Gasteiger partial charge in [0.25, 0.3) is 5.56 Å². The van der Waals surface area contributed by atoms with Crippen LogP contribution in [0.1, 0.15) is 32.2 Å².